The quantitative estimate of drug-likeness (QED) is 0.505. The third-order valence-electron chi connectivity index (χ3n) is 5.50. The lowest BCUT2D eigenvalue weighted by Crippen LogP contribution is -2.31. The van der Waals surface area contributed by atoms with E-state index in [9.17, 15) is 14.7 Å². The fraction of sp³-hybridized carbons (Fsp3) is 0.120. The number of benzene rings is 3. The molecule has 0 fully saturated rings. The molecule has 0 atom stereocenters. The molecule has 0 aliphatic carbocycles. The molecule has 0 bridgehead atoms. The highest BCUT2D eigenvalue weighted by atomic mass is 35.5. The van der Waals surface area contributed by atoms with Gasteiger partial charge in [-0.2, -0.15) is 0 Å². The predicted octanol–water partition coefficient (Wildman–Crippen LogP) is 4.77. The van der Waals surface area contributed by atoms with Crippen LogP contribution in [0.25, 0.3) is 22.0 Å². The second kappa shape index (κ2) is 8.28. The molecule has 0 radical (unpaired) electrons. The molecule has 1 N–H and O–H groups in total. The predicted molar refractivity (Wildman–Crippen MR) is 125 cm³/mol. The zero-order valence-corrected chi connectivity index (χ0v) is 17.9. The molecule has 31 heavy (non-hydrogen) atoms. The van der Waals surface area contributed by atoms with Gasteiger partial charge in [0.25, 0.3) is 5.56 Å². The molecule has 1 aromatic heterocycles. The molecule has 0 spiro atoms. The van der Waals surface area contributed by atoms with Crippen LogP contribution in [0.15, 0.2) is 77.6 Å². The van der Waals surface area contributed by atoms with Gasteiger partial charge in [0, 0.05) is 19.8 Å². The van der Waals surface area contributed by atoms with Gasteiger partial charge in [-0.25, -0.2) is 0 Å². The van der Waals surface area contributed by atoms with Crippen molar-refractivity contribution < 1.29 is 9.90 Å². The van der Waals surface area contributed by atoms with Crippen molar-refractivity contribution in [2.75, 3.05) is 11.9 Å². The number of aryl methyl sites for hydroxylation is 1. The van der Waals surface area contributed by atoms with E-state index in [2.05, 4.69) is 0 Å². The van der Waals surface area contributed by atoms with Gasteiger partial charge >= 0.3 is 0 Å². The number of carbonyl (C=O) groups is 1. The molecule has 0 unspecified atom stereocenters. The number of hydrogen-bond donors (Lipinski definition) is 1. The van der Waals surface area contributed by atoms with Crippen molar-refractivity contribution in [2.24, 2.45) is 7.05 Å². The Morgan fingerprint density at radius 1 is 0.968 bits per heavy atom. The Labute approximate surface area is 184 Å². The van der Waals surface area contributed by atoms with Gasteiger partial charge in [-0.3, -0.25) is 9.59 Å². The number of likely N-dealkylation sites (N-methyl/N-ethyl adjacent to an activating group) is 1. The average molecular weight is 433 g/mol. The number of aromatic hydroxyl groups is 1. The maximum absolute atomic E-state index is 12.9. The summed E-state index contributed by atoms with van der Waals surface area (Å²) in [5.74, 6) is -0.559. The second-order valence-electron chi connectivity index (χ2n) is 7.37. The summed E-state index contributed by atoms with van der Waals surface area (Å²) < 4.78 is 1.40. The summed E-state index contributed by atoms with van der Waals surface area (Å²) in [5, 5.41) is 11.4. The highest BCUT2D eigenvalue weighted by Crippen LogP contribution is 2.32. The molecule has 0 saturated heterocycles. The molecule has 0 aliphatic heterocycles. The van der Waals surface area contributed by atoms with Crippen LogP contribution in [0.5, 0.6) is 5.75 Å². The highest BCUT2D eigenvalue weighted by Gasteiger charge is 2.21. The van der Waals surface area contributed by atoms with Crippen molar-refractivity contribution in [2.45, 2.75) is 6.42 Å². The van der Waals surface area contributed by atoms with Crippen molar-refractivity contribution in [3.63, 3.8) is 0 Å². The minimum atomic E-state index is -0.423. The van der Waals surface area contributed by atoms with Gasteiger partial charge in [-0.1, -0.05) is 60.1 Å². The van der Waals surface area contributed by atoms with E-state index in [0.29, 0.717) is 21.6 Å². The minimum Gasteiger partial charge on any atom is -0.507 e. The molecule has 1 heterocycles. The molecular weight excluding hydrogens is 412 g/mol. The van der Waals surface area contributed by atoms with Crippen LogP contribution in [0.3, 0.4) is 0 Å². The Morgan fingerprint density at radius 3 is 2.29 bits per heavy atom. The van der Waals surface area contributed by atoms with Crippen molar-refractivity contribution in [3.8, 4) is 16.9 Å². The molecule has 156 valence electrons. The largest absolute Gasteiger partial charge is 0.507 e. The van der Waals surface area contributed by atoms with Crippen LogP contribution in [0.1, 0.15) is 5.56 Å². The number of rotatable bonds is 4. The zero-order valence-electron chi connectivity index (χ0n) is 17.2. The molecule has 0 aliphatic rings. The van der Waals surface area contributed by atoms with Crippen LogP contribution in [0, 0.1) is 0 Å². The highest BCUT2D eigenvalue weighted by molar-refractivity contribution is 6.36. The van der Waals surface area contributed by atoms with E-state index < -0.39 is 5.56 Å². The van der Waals surface area contributed by atoms with E-state index in [-0.39, 0.29) is 23.6 Å². The van der Waals surface area contributed by atoms with Gasteiger partial charge in [0.2, 0.25) is 5.91 Å². The number of aromatic nitrogens is 1. The van der Waals surface area contributed by atoms with Crippen LogP contribution in [0.4, 0.5) is 5.69 Å². The van der Waals surface area contributed by atoms with Crippen LogP contribution < -0.4 is 10.5 Å². The molecule has 4 rings (SSSR count). The van der Waals surface area contributed by atoms with E-state index in [1.807, 2.05) is 54.6 Å². The SMILES string of the molecule is CN(C(=O)Cc1c(O)c2c(Cl)cccc2n(C)c1=O)c1ccc(-c2ccccc2)cc1. The lowest BCUT2D eigenvalue weighted by molar-refractivity contribution is -0.117. The van der Waals surface area contributed by atoms with E-state index in [4.69, 9.17) is 11.6 Å². The summed E-state index contributed by atoms with van der Waals surface area (Å²) in [5.41, 5.74) is 2.94. The third-order valence-corrected chi connectivity index (χ3v) is 5.82. The number of amides is 1. The summed E-state index contributed by atoms with van der Waals surface area (Å²) in [7, 11) is 3.25. The number of carbonyl (C=O) groups excluding carboxylic acids is 1. The van der Waals surface area contributed by atoms with Gasteiger partial charge < -0.3 is 14.6 Å². The van der Waals surface area contributed by atoms with E-state index >= 15 is 0 Å². The minimum absolute atomic E-state index is 0.0286. The maximum atomic E-state index is 12.9. The van der Waals surface area contributed by atoms with Crippen molar-refractivity contribution >= 4 is 34.1 Å². The fourth-order valence-corrected chi connectivity index (χ4v) is 3.93. The van der Waals surface area contributed by atoms with Crippen LogP contribution in [-0.4, -0.2) is 22.6 Å². The smallest absolute Gasteiger partial charge is 0.258 e. The lowest BCUT2D eigenvalue weighted by Gasteiger charge is -2.19. The third kappa shape index (κ3) is 3.80. The van der Waals surface area contributed by atoms with Crippen LogP contribution >= 0.6 is 11.6 Å². The number of hydrogen-bond acceptors (Lipinski definition) is 3. The first-order chi connectivity index (χ1) is 14.9. The summed E-state index contributed by atoms with van der Waals surface area (Å²) in [6.45, 7) is 0. The Hall–Kier alpha value is -3.57. The number of nitrogens with zero attached hydrogens (tertiary/aromatic N) is 2. The molecule has 5 nitrogen and oxygen atoms in total. The Morgan fingerprint density at radius 2 is 1.61 bits per heavy atom. The Balaban J connectivity index is 1.63. The van der Waals surface area contributed by atoms with Gasteiger partial charge in [0.1, 0.15) is 5.75 Å². The van der Waals surface area contributed by atoms with Crippen molar-refractivity contribution in [3.05, 3.63) is 93.7 Å². The van der Waals surface area contributed by atoms with E-state index in [1.54, 1.807) is 32.3 Å². The number of anilines is 1. The molecular formula is C25H21ClN2O3. The Kier molecular flexibility index (Phi) is 5.53. The van der Waals surface area contributed by atoms with Crippen molar-refractivity contribution in [1.82, 2.24) is 4.57 Å². The average Bonchev–Trinajstić information content (AvgIpc) is 2.80. The lowest BCUT2D eigenvalue weighted by atomic mass is 10.0. The van der Waals surface area contributed by atoms with E-state index in [1.165, 1.54) is 9.47 Å². The van der Waals surface area contributed by atoms with Gasteiger partial charge in [0.05, 0.1) is 27.9 Å². The van der Waals surface area contributed by atoms with E-state index in [0.717, 1.165) is 11.1 Å². The normalized spacial score (nSPS) is 10.9. The first-order valence-corrected chi connectivity index (χ1v) is 10.2. The molecule has 3 aromatic carbocycles. The van der Waals surface area contributed by atoms with Gasteiger partial charge in [-0.15, -0.1) is 0 Å². The fourth-order valence-electron chi connectivity index (χ4n) is 3.67. The van der Waals surface area contributed by atoms with Gasteiger partial charge in [0.15, 0.2) is 0 Å². The van der Waals surface area contributed by atoms with Crippen molar-refractivity contribution in [1.29, 1.82) is 0 Å². The monoisotopic (exact) mass is 432 g/mol. The second-order valence-corrected chi connectivity index (χ2v) is 7.77. The van der Waals surface area contributed by atoms with Gasteiger partial charge in [-0.05, 0) is 35.4 Å². The summed E-state index contributed by atoms with van der Waals surface area (Å²) in [6.07, 6.45) is -0.239. The van der Waals surface area contributed by atoms with Crippen LogP contribution in [-0.2, 0) is 18.3 Å². The summed E-state index contributed by atoms with van der Waals surface area (Å²) in [4.78, 5) is 27.2. The molecule has 6 heteroatoms. The first-order valence-electron chi connectivity index (χ1n) is 9.79. The number of pyridine rings is 1. The maximum Gasteiger partial charge on any atom is 0.258 e. The number of fused-ring (bicyclic) bond motifs is 1. The first kappa shape index (κ1) is 20.7. The topological polar surface area (TPSA) is 62.5 Å². The zero-order chi connectivity index (χ0) is 22.1. The standard InChI is InChI=1S/C25H21ClN2O3/c1-27(18-13-11-17(12-14-18)16-7-4-3-5-8-16)22(29)15-19-24(30)23-20(26)9-6-10-21(23)28(2)25(19)31/h3-14,30H,15H2,1-2H3. The Bertz CT molecular complexity index is 1330. The molecule has 4 aromatic rings. The molecule has 1 amide bonds. The summed E-state index contributed by atoms with van der Waals surface area (Å²) in [6, 6.07) is 22.6. The number of halogens is 1. The summed E-state index contributed by atoms with van der Waals surface area (Å²) >= 11 is 6.25. The van der Waals surface area contributed by atoms with Crippen LogP contribution in [0.2, 0.25) is 5.02 Å². The molecule has 0 saturated carbocycles.